The number of sulfonamides is 1. The van der Waals surface area contributed by atoms with Gasteiger partial charge in [0.25, 0.3) is 10.0 Å². The predicted octanol–water partition coefficient (Wildman–Crippen LogP) is 2.18. The smallest absolute Gasteiger partial charge is 0.270 e. The average Bonchev–Trinajstić information content (AvgIpc) is 3.04. The molecule has 0 saturated heterocycles. The van der Waals surface area contributed by atoms with Crippen LogP contribution in [0.5, 0.6) is 5.75 Å². The molecule has 0 aliphatic heterocycles. The minimum Gasteiger partial charge on any atom is -0.497 e. The molecule has 1 aromatic carbocycles. The van der Waals surface area contributed by atoms with Crippen LogP contribution in [0.2, 0.25) is 0 Å². The van der Waals surface area contributed by atoms with Crippen molar-refractivity contribution >= 4 is 32.4 Å². The second kappa shape index (κ2) is 7.89. The van der Waals surface area contributed by atoms with Crippen LogP contribution in [0.1, 0.15) is 32.4 Å². The molecular weight excluding hydrogens is 364 g/mol. The second-order valence-electron chi connectivity index (χ2n) is 5.63. The first-order valence-corrected chi connectivity index (χ1v) is 9.83. The Bertz CT molecular complexity index is 831. The zero-order valence-electron chi connectivity index (χ0n) is 14.3. The molecule has 2 rings (SSSR count). The number of carbonyl (C=O) groups excluding carboxylic acids is 1. The van der Waals surface area contributed by atoms with Crippen LogP contribution in [0.4, 0.5) is 5.13 Å². The molecule has 0 radical (unpaired) electrons. The Kier molecular flexibility index (Phi) is 6.09. The third-order valence-corrected chi connectivity index (χ3v) is 6.09. The van der Waals surface area contributed by atoms with Crippen molar-refractivity contribution in [2.24, 2.45) is 5.92 Å². The van der Waals surface area contributed by atoms with Crippen molar-refractivity contribution in [3.8, 4) is 5.75 Å². The van der Waals surface area contributed by atoms with Gasteiger partial charge in [-0.05, 0) is 24.6 Å². The van der Waals surface area contributed by atoms with Crippen molar-refractivity contribution in [2.75, 3.05) is 12.4 Å². The number of carbonyl (C=O) groups is 1. The average molecular weight is 384 g/mol. The Balaban J connectivity index is 2.10. The lowest BCUT2D eigenvalue weighted by Gasteiger charge is -2.13. The number of nitrogens with one attached hydrogen (secondary N) is 2. The van der Waals surface area contributed by atoms with Crippen LogP contribution in [-0.4, -0.2) is 31.6 Å². The van der Waals surface area contributed by atoms with Gasteiger partial charge in [0.1, 0.15) is 5.75 Å². The number of aromatic nitrogens is 2. The van der Waals surface area contributed by atoms with E-state index in [9.17, 15) is 13.2 Å². The number of hydrogen-bond donors (Lipinski definition) is 2. The van der Waals surface area contributed by atoms with E-state index in [1.165, 1.54) is 0 Å². The molecule has 0 saturated carbocycles. The molecule has 1 aromatic heterocycles. The Morgan fingerprint density at radius 3 is 2.36 bits per heavy atom. The van der Waals surface area contributed by atoms with E-state index < -0.39 is 16.1 Å². The van der Waals surface area contributed by atoms with Crippen LogP contribution < -0.4 is 14.8 Å². The molecule has 8 nitrogen and oxygen atoms in total. The van der Waals surface area contributed by atoms with Crippen molar-refractivity contribution in [3.05, 3.63) is 29.8 Å². The van der Waals surface area contributed by atoms with Gasteiger partial charge in [0.05, 0.1) is 7.11 Å². The van der Waals surface area contributed by atoms with Gasteiger partial charge in [0, 0.05) is 12.0 Å². The van der Waals surface area contributed by atoms with E-state index >= 15 is 0 Å². The van der Waals surface area contributed by atoms with E-state index in [-0.39, 0.29) is 21.3 Å². The van der Waals surface area contributed by atoms with E-state index in [1.54, 1.807) is 52.1 Å². The molecule has 0 fully saturated rings. The number of rotatable bonds is 7. The molecular formula is C15H20N4O4S2. The number of hydrogen-bond acceptors (Lipinski definition) is 7. The Hall–Kier alpha value is -2.04. The molecule has 0 spiro atoms. The lowest BCUT2D eigenvalue weighted by molar-refractivity contribution is -0.118. The van der Waals surface area contributed by atoms with Crippen LogP contribution in [-0.2, 0) is 14.8 Å². The van der Waals surface area contributed by atoms with Gasteiger partial charge < -0.3 is 10.1 Å². The van der Waals surface area contributed by atoms with Crippen molar-refractivity contribution in [1.29, 1.82) is 0 Å². The van der Waals surface area contributed by atoms with Crippen LogP contribution in [0, 0.1) is 5.92 Å². The highest BCUT2D eigenvalue weighted by atomic mass is 32.2. The van der Waals surface area contributed by atoms with E-state index in [0.717, 1.165) is 16.9 Å². The molecule has 1 heterocycles. The first kappa shape index (κ1) is 19.3. The SMILES string of the molecule is COc1ccc([C@H](C)NS(=O)(=O)c2nnc(NC(=O)C(C)C)s2)cc1. The minimum absolute atomic E-state index is 0.149. The summed E-state index contributed by atoms with van der Waals surface area (Å²) in [5.74, 6) is 0.199. The van der Waals surface area contributed by atoms with Crippen molar-refractivity contribution in [3.63, 3.8) is 0 Å². The monoisotopic (exact) mass is 384 g/mol. The van der Waals surface area contributed by atoms with Gasteiger partial charge in [-0.2, -0.15) is 0 Å². The Labute approximate surface area is 150 Å². The van der Waals surface area contributed by atoms with Gasteiger partial charge in [-0.25, -0.2) is 13.1 Å². The second-order valence-corrected chi connectivity index (χ2v) is 8.50. The summed E-state index contributed by atoms with van der Waals surface area (Å²) in [5.41, 5.74) is 0.780. The Morgan fingerprint density at radius 2 is 1.80 bits per heavy atom. The molecule has 2 aromatic rings. The zero-order chi connectivity index (χ0) is 18.6. The maximum Gasteiger partial charge on any atom is 0.270 e. The minimum atomic E-state index is -3.85. The predicted molar refractivity (Wildman–Crippen MR) is 95.1 cm³/mol. The first-order valence-electron chi connectivity index (χ1n) is 7.53. The number of methoxy groups -OCH3 is 1. The van der Waals surface area contributed by atoms with Crippen molar-refractivity contribution in [2.45, 2.75) is 31.2 Å². The van der Waals surface area contributed by atoms with Crippen LogP contribution in [0.3, 0.4) is 0 Å². The first-order chi connectivity index (χ1) is 11.7. The molecule has 0 unspecified atom stereocenters. The van der Waals surface area contributed by atoms with Crippen LogP contribution in [0.15, 0.2) is 28.6 Å². The largest absolute Gasteiger partial charge is 0.497 e. The number of anilines is 1. The topological polar surface area (TPSA) is 110 Å². The Morgan fingerprint density at radius 1 is 1.16 bits per heavy atom. The molecule has 0 aliphatic rings. The summed E-state index contributed by atoms with van der Waals surface area (Å²) in [4.78, 5) is 11.6. The fourth-order valence-corrected chi connectivity index (χ4v) is 4.01. The fourth-order valence-electron chi connectivity index (χ4n) is 1.86. The number of ether oxygens (including phenoxy) is 1. The molecule has 0 aliphatic carbocycles. The van der Waals surface area contributed by atoms with E-state index in [0.29, 0.717) is 5.75 Å². The quantitative estimate of drug-likeness (QED) is 0.708. The third kappa shape index (κ3) is 4.97. The highest BCUT2D eigenvalue weighted by Gasteiger charge is 2.24. The zero-order valence-corrected chi connectivity index (χ0v) is 15.9. The number of nitrogens with zero attached hydrogens (tertiary/aromatic N) is 2. The van der Waals surface area contributed by atoms with E-state index in [4.69, 9.17) is 4.74 Å². The molecule has 1 amide bonds. The fraction of sp³-hybridized carbons (Fsp3) is 0.400. The summed E-state index contributed by atoms with van der Waals surface area (Å²) in [6.07, 6.45) is 0. The van der Waals surface area contributed by atoms with E-state index in [2.05, 4.69) is 20.2 Å². The van der Waals surface area contributed by atoms with Gasteiger partial charge in [0.15, 0.2) is 0 Å². The number of benzene rings is 1. The molecule has 0 bridgehead atoms. The maximum atomic E-state index is 12.4. The summed E-state index contributed by atoms with van der Waals surface area (Å²) in [5, 5.41) is 10.0. The normalized spacial score (nSPS) is 12.8. The standard InChI is InChI=1S/C15H20N4O4S2/c1-9(2)13(20)16-14-17-18-15(24-14)25(21,22)19-10(3)11-5-7-12(23-4)8-6-11/h5-10,19H,1-4H3,(H,16,17,20)/t10-/m0/s1. The van der Waals surface area contributed by atoms with Gasteiger partial charge in [-0.1, -0.05) is 37.3 Å². The summed E-state index contributed by atoms with van der Waals surface area (Å²) < 4.78 is 32.3. The van der Waals surface area contributed by atoms with Gasteiger partial charge in [-0.3, -0.25) is 4.79 Å². The lowest BCUT2D eigenvalue weighted by Crippen LogP contribution is -2.26. The highest BCUT2D eigenvalue weighted by molar-refractivity contribution is 7.91. The third-order valence-electron chi connectivity index (χ3n) is 3.34. The maximum absolute atomic E-state index is 12.4. The molecule has 25 heavy (non-hydrogen) atoms. The van der Waals surface area contributed by atoms with Crippen LogP contribution >= 0.6 is 11.3 Å². The molecule has 136 valence electrons. The molecule has 10 heteroatoms. The summed E-state index contributed by atoms with van der Waals surface area (Å²) in [7, 11) is -2.28. The van der Waals surface area contributed by atoms with Crippen molar-refractivity contribution < 1.29 is 17.9 Å². The van der Waals surface area contributed by atoms with Crippen LogP contribution in [0.25, 0.3) is 0 Å². The van der Waals surface area contributed by atoms with Gasteiger partial charge >= 0.3 is 0 Å². The lowest BCUT2D eigenvalue weighted by atomic mass is 10.1. The molecule has 2 N–H and O–H groups in total. The van der Waals surface area contributed by atoms with Crippen molar-refractivity contribution in [1.82, 2.24) is 14.9 Å². The van der Waals surface area contributed by atoms with Gasteiger partial charge in [0.2, 0.25) is 15.4 Å². The van der Waals surface area contributed by atoms with E-state index in [1.807, 2.05) is 0 Å². The summed E-state index contributed by atoms with van der Waals surface area (Å²) in [6.45, 7) is 5.18. The number of amides is 1. The summed E-state index contributed by atoms with van der Waals surface area (Å²) >= 11 is 0.804. The highest BCUT2D eigenvalue weighted by Crippen LogP contribution is 2.23. The molecule has 1 atom stereocenters. The van der Waals surface area contributed by atoms with Gasteiger partial charge in [-0.15, -0.1) is 10.2 Å². The summed E-state index contributed by atoms with van der Waals surface area (Å²) in [6, 6.07) is 6.60.